The summed E-state index contributed by atoms with van der Waals surface area (Å²) in [7, 11) is -0.302. The Morgan fingerprint density at radius 3 is 1.89 bits per heavy atom. The van der Waals surface area contributed by atoms with Crippen LogP contribution in [0.5, 0.6) is 0 Å². The summed E-state index contributed by atoms with van der Waals surface area (Å²) in [6, 6.07) is 25.7. The van der Waals surface area contributed by atoms with Gasteiger partial charge < -0.3 is 9.47 Å². The third-order valence-electron chi connectivity index (χ3n) is 9.15. The van der Waals surface area contributed by atoms with Gasteiger partial charge in [-0.05, 0) is 101 Å². The number of sulfone groups is 1. The Kier molecular flexibility index (Phi) is 9.16. The Balaban J connectivity index is 1.74. The molecule has 4 nitrogen and oxygen atoms in total. The van der Waals surface area contributed by atoms with Crippen LogP contribution in [0.15, 0.2) is 88.0 Å². The molecule has 0 saturated carbocycles. The van der Waals surface area contributed by atoms with E-state index in [4.69, 9.17) is 9.47 Å². The van der Waals surface area contributed by atoms with Crippen LogP contribution in [0, 0.1) is 30.6 Å². The van der Waals surface area contributed by atoms with Crippen LogP contribution in [-0.2, 0) is 19.3 Å². The highest BCUT2D eigenvalue weighted by atomic mass is 32.2. The number of hydrogen-bond donors (Lipinski definition) is 0. The van der Waals surface area contributed by atoms with E-state index in [1.807, 2.05) is 31.2 Å². The molecule has 47 heavy (non-hydrogen) atoms. The Bertz CT molecular complexity index is 2360. The lowest BCUT2D eigenvalue weighted by Crippen LogP contribution is -2.27. The van der Waals surface area contributed by atoms with Gasteiger partial charge in [0.05, 0.1) is 4.90 Å². The van der Waals surface area contributed by atoms with Crippen molar-refractivity contribution in [3.63, 3.8) is 0 Å². The van der Waals surface area contributed by atoms with Crippen LogP contribution in [0.1, 0.15) is 56.7 Å². The summed E-state index contributed by atoms with van der Waals surface area (Å²) < 4.78 is 40.3. The Labute approximate surface area is 281 Å². The highest BCUT2D eigenvalue weighted by molar-refractivity contribution is 7.93. The molecule has 1 atom stereocenters. The molecule has 0 bridgehead atoms. The van der Waals surface area contributed by atoms with Crippen molar-refractivity contribution in [3.8, 4) is 23.7 Å². The van der Waals surface area contributed by atoms with Crippen molar-refractivity contribution in [1.82, 2.24) is 0 Å². The maximum Gasteiger partial charge on any atom is 0.215 e. The van der Waals surface area contributed by atoms with Gasteiger partial charge in [-0.25, -0.2) is 8.42 Å². The van der Waals surface area contributed by atoms with E-state index in [9.17, 15) is 8.42 Å². The van der Waals surface area contributed by atoms with Crippen molar-refractivity contribution in [2.75, 3.05) is 14.2 Å². The molecule has 0 spiro atoms. The monoisotopic (exact) mass is 658 g/mol. The van der Waals surface area contributed by atoms with Gasteiger partial charge in [0.1, 0.15) is 15.9 Å². The highest BCUT2D eigenvalue weighted by Crippen LogP contribution is 2.41. The molecule has 6 heteroatoms. The molecule has 1 aromatic heterocycles. The molecule has 0 amide bonds. The van der Waals surface area contributed by atoms with Gasteiger partial charge in [0.2, 0.25) is 9.84 Å². The van der Waals surface area contributed by atoms with E-state index in [1.165, 1.54) is 11.3 Å². The predicted octanol–water partition coefficient (Wildman–Crippen LogP) is 9.84. The maximum atomic E-state index is 13.8. The van der Waals surface area contributed by atoms with Crippen LogP contribution in [-0.4, -0.2) is 34.3 Å². The van der Waals surface area contributed by atoms with Crippen LogP contribution >= 0.6 is 11.3 Å². The number of ether oxygens (including phenoxy) is 2. The van der Waals surface area contributed by atoms with E-state index in [1.54, 1.807) is 32.4 Å². The van der Waals surface area contributed by atoms with E-state index >= 15 is 0 Å². The summed E-state index contributed by atoms with van der Waals surface area (Å²) in [5, 5.41) is 6.92. The fourth-order valence-corrected chi connectivity index (χ4v) is 8.90. The minimum Gasteiger partial charge on any atom is -0.369 e. The van der Waals surface area contributed by atoms with Crippen molar-refractivity contribution in [1.29, 1.82) is 0 Å². The van der Waals surface area contributed by atoms with E-state index in [2.05, 4.69) is 80.9 Å². The van der Waals surface area contributed by atoms with Crippen LogP contribution < -0.4 is 0 Å². The number of methoxy groups -OCH3 is 2. The smallest absolute Gasteiger partial charge is 0.215 e. The van der Waals surface area contributed by atoms with Crippen molar-refractivity contribution in [3.05, 3.63) is 95.6 Å². The van der Waals surface area contributed by atoms with Crippen molar-refractivity contribution in [2.45, 2.75) is 67.8 Å². The molecule has 1 heterocycles. The lowest BCUT2D eigenvalue weighted by Gasteiger charge is -2.23. The molecular formula is C41H38O4S2. The topological polar surface area (TPSA) is 52.6 Å². The standard InChI is InChI=1S/C41H38O4S2/c1-7-31(44-5)16-19-33-35-22-28-12-10-11-13-29(28)23-36(35)34(20-21-41(8-2,9-3)45-6)38-26-39-30(24-37(33)38)25-40(46-39)47(42,43)32-17-14-27(4)15-18-32/h10-15,17-18,22-26,31H,7-9H2,1-6H3. The molecular weight excluding hydrogens is 621 g/mol. The molecule has 0 N–H and O–H groups in total. The minimum absolute atomic E-state index is 0.215. The zero-order chi connectivity index (χ0) is 33.3. The fraction of sp³-hybridized carbons (Fsp3) is 0.268. The maximum absolute atomic E-state index is 13.8. The van der Waals surface area contributed by atoms with Crippen molar-refractivity contribution in [2.24, 2.45) is 0 Å². The van der Waals surface area contributed by atoms with E-state index < -0.39 is 15.4 Å². The second-order valence-corrected chi connectivity index (χ2v) is 15.1. The number of fused-ring (bicyclic) bond motifs is 4. The van der Waals surface area contributed by atoms with Gasteiger partial charge in [-0.15, -0.1) is 11.3 Å². The number of thiophene rings is 1. The van der Waals surface area contributed by atoms with Gasteiger partial charge in [0.25, 0.3) is 0 Å². The molecule has 6 aromatic rings. The summed E-state index contributed by atoms with van der Waals surface area (Å²) in [6.45, 7) is 8.19. The predicted molar refractivity (Wildman–Crippen MR) is 196 cm³/mol. The third-order valence-corrected chi connectivity index (χ3v) is 12.5. The minimum atomic E-state index is -3.70. The molecule has 0 fully saturated rings. The van der Waals surface area contributed by atoms with E-state index in [0.29, 0.717) is 4.21 Å². The first-order chi connectivity index (χ1) is 22.7. The molecule has 0 aliphatic heterocycles. The second kappa shape index (κ2) is 13.1. The number of rotatable bonds is 7. The highest BCUT2D eigenvalue weighted by Gasteiger charge is 2.24. The van der Waals surface area contributed by atoms with Crippen molar-refractivity contribution >= 4 is 63.6 Å². The molecule has 0 radical (unpaired) electrons. The van der Waals surface area contributed by atoms with E-state index in [-0.39, 0.29) is 11.0 Å². The Morgan fingerprint density at radius 2 is 1.34 bits per heavy atom. The van der Waals surface area contributed by atoms with Gasteiger partial charge in [0.15, 0.2) is 0 Å². The molecule has 6 rings (SSSR count). The largest absolute Gasteiger partial charge is 0.369 e. The quantitative estimate of drug-likeness (QED) is 0.127. The van der Waals surface area contributed by atoms with Gasteiger partial charge in [-0.1, -0.05) is 86.4 Å². The lowest BCUT2D eigenvalue weighted by atomic mass is 9.89. The number of benzene rings is 5. The summed E-state index contributed by atoms with van der Waals surface area (Å²) in [4.78, 5) is 0.287. The zero-order valence-corrected chi connectivity index (χ0v) is 29.3. The fourth-order valence-electron chi connectivity index (χ4n) is 6.08. The van der Waals surface area contributed by atoms with Crippen LogP contribution in [0.25, 0.3) is 42.4 Å². The SMILES string of the molecule is CCC(C#Cc1c2cc3ccccc3cc2c(C#CC(CC)(CC)OC)c2cc3sc(S(=O)(=O)c4ccc(C)cc4)cc3cc12)OC. The summed E-state index contributed by atoms with van der Waals surface area (Å²) in [6.07, 6.45) is 2.04. The first kappa shape index (κ1) is 32.8. The normalized spacial score (nSPS) is 12.6. The molecule has 0 saturated heterocycles. The first-order valence-corrected chi connectivity index (χ1v) is 18.3. The van der Waals surface area contributed by atoms with Gasteiger partial charge in [-0.3, -0.25) is 0 Å². The Morgan fingerprint density at radius 1 is 0.766 bits per heavy atom. The van der Waals surface area contributed by atoms with Gasteiger partial charge >= 0.3 is 0 Å². The second-order valence-electron chi connectivity index (χ2n) is 11.9. The Hall–Kier alpha value is -4.17. The summed E-state index contributed by atoms with van der Waals surface area (Å²) in [5.74, 6) is 13.9. The molecule has 1 unspecified atom stereocenters. The van der Waals surface area contributed by atoms with E-state index in [0.717, 1.165) is 78.4 Å². The first-order valence-electron chi connectivity index (χ1n) is 16.0. The molecule has 0 aliphatic rings. The lowest BCUT2D eigenvalue weighted by molar-refractivity contribution is 0.0345. The summed E-state index contributed by atoms with van der Waals surface area (Å²) >= 11 is 1.29. The van der Waals surface area contributed by atoms with Crippen LogP contribution in [0.3, 0.4) is 0 Å². The van der Waals surface area contributed by atoms with Crippen LogP contribution in [0.4, 0.5) is 0 Å². The summed E-state index contributed by atoms with van der Waals surface area (Å²) in [5.41, 5.74) is 2.19. The zero-order valence-electron chi connectivity index (χ0n) is 27.7. The average Bonchev–Trinajstić information content (AvgIpc) is 3.52. The molecule has 0 aliphatic carbocycles. The third kappa shape index (κ3) is 6.04. The van der Waals surface area contributed by atoms with Gasteiger partial charge in [0, 0.05) is 35.4 Å². The van der Waals surface area contributed by atoms with Crippen molar-refractivity contribution < 1.29 is 17.9 Å². The molecule has 238 valence electrons. The van der Waals surface area contributed by atoms with Crippen LogP contribution in [0.2, 0.25) is 0 Å². The number of hydrogen-bond acceptors (Lipinski definition) is 5. The number of aryl methyl sites for hydroxylation is 1. The molecule has 5 aromatic carbocycles. The van der Waals surface area contributed by atoms with Gasteiger partial charge in [-0.2, -0.15) is 0 Å². The average molecular weight is 659 g/mol.